The fourth-order valence-electron chi connectivity index (χ4n) is 2.86. The molecule has 4 nitrogen and oxygen atoms in total. The van der Waals surface area contributed by atoms with Gasteiger partial charge in [-0.25, -0.2) is 9.37 Å². The van der Waals surface area contributed by atoms with E-state index in [4.69, 9.17) is 0 Å². The molecule has 0 saturated heterocycles. The van der Waals surface area contributed by atoms with Crippen LogP contribution in [0.2, 0.25) is 0 Å². The van der Waals surface area contributed by atoms with Crippen LogP contribution in [0.1, 0.15) is 42.5 Å². The summed E-state index contributed by atoms with van der Waals surface area (Å²) in [5.41, 5.74) is 2.86. The number of anilines is 2. The van der Waals surface area contributed by atoms with Crippen molar-refractivity contribution in [3.8, 4) is 0 Å². The molecule has 1 aromatic heterocycles. The van der Waals surface area contributed by atoms with E-state index in [1.807, 2.05) is 6.07 Å². The number of benzene rings is 1. The summed E-state index contributed by atoms with van der Waals surface area (Å²) in [6.45, 7) is 0.884. The molecule has 5 heteroatoms. The maximum Gasteiger partial charge on any atom is 0.256 e. The Hall–Kier alpha value is -2.69. The van der Waals surface area contributed by atoms with Crippen LogP contribution in [0.3, 0.4) is 0 Å². The van der Waals surface area contributed by atoms with Crippen molar-refractivity contribution in [2.24, 2.45) is 0 Å². The predicted molar refractivity (Wildman–Crippen MR) is 98.2 cm³/mol. The molecule has 0 radical (unpaired) electrons. The third-order valence-corrected chi connectivity index (χ3v) is 4.27. The van der Waals surface area contributed by atoms with E-state index in [-0.39, 0.29) is 11.7 Å². The zero-order valence-corrected chi connectivity index (χ0v) is 14.1. The van der Waals surface area contributed by atoms with Crippen LogP contribution in [0, 0.1) is 5.82 Å². The summed E-state index contributed by atoms with van der Waals surface area (Å²) < 4.78 is 12.9. The first-order valence-corrected chi connectivity index (χ1v) is 8.65. The zero-order valence-electron chi connectivity index (χ0n) is 14.1. The lowest BCUT2D eigenvalue weighted by molar-refractivity contribution is 0.102. The second kappa shape index (κ2) is 8.42. The molecule has 1 aliphatic rings. The van der Waals surface area contributed by atoms with E-state index >= 15 is 0 Å². The van der Waals surface area contributed by atoms with E-state index in [2.05, 4.69) is 21.7 Å². The lowest BCUT2D eigenvalue weighted by Gasteiger charge is -2.13. The topological polar surface area (TPSA) is 54.0 Å². The largest absolute Gasteiger partial charge is 0.383 e. The number of carbonyl (C=O) groups is 1. The first-order chi connectivity index (χ1) is 12.2. The Bertz CT molecular complexity index is 739. The van der Waals surface area contributed by atoms with Crippen molar-refractivity contribution in [1.82, 2.24) is 4.98 Å². The van der Waals surface area contributed by atoms with Crippen LogP contribution in [-0.2, 0) is 0 Å². The molecular formula is C20H22FN3O. The highest BCUT2D eigenvalue weighted by Crippen LogP contribution is 2.20. The van der Waals surface area contributed by atoms with Gasteiger partial charge in [-0.3, -0.25) is 4.79 Å². The van der Waals surface area contributed by atoms with Crippen molar-refractivity contribution in [1.29, 1.82) is 0 Å². The molecule has 0 spiro atoms. The van der Waals surface area contributed by atoms with Crippen LogP contribution in [0.15, 0.2) is 54.2 Å². The fourth-order valence-corrected chi connectivity index (χ4v) is 2.86. The molecule has 25 heavy (non-hydrogen) atoms. The number of hydrogen-bond donors (Lipinski definition) is 2. The summed E-state index contributed by atoms with van der Waals surface area (Å²) in [6, 6.07) is 9.06. The van der Waals surface area contributed by atoms with Gasteiger partial charge in [0.05, 0.1) is 11.9 Å². The minimum atomic E-state index is -0.367. The zero-order chi connectivity index (χ0) is 17.5. The molecule has 0 saturated carbocycles. The molecule has 130 valence electrons. The van der Waals surface area contributed by atoms with Crippen molar-refractivity contribution in [2.75, 3.05) is 17.2 Å². The second-order valence-corrected chi connectivity index (χ2v) is 6.18. The van der Waals surface area contributed by atoms with Crippen LogP contribution in [-0.4, -0.2) is 17.4 Å². The van der Waals surface area contributed by atoms with Gasteiger partial charge in [0.25, 0.3) is 5.91 Å². The molecule has 3 rings (SSSR count). The molecule has 1 aliphatic carbocycles. The van der Waals surface area contributed by atoms with Crippen molar-refractivity contribution < 1.29 is 9.18 Å². The van der Waals surface area contributed by atoms with Crippen LogP contribution in [0.5, 0.6) is 0 Å². The van der Waals surface area contributed by atoms with Gasteiger partial charge < -0.3 is 10.6 Å². The molecule has 0 aliphatic heterocycles. The van der Waals surface area contributed by atoms with E-state index in [1.165, 1.54) is 55.5 Å². The molecule has 0 fully saturated rings. The monoisotopic (exact) mass is 339 g/mol. The van der Waals surface area contributed by atoms with Gasteiger partial charge in [-0.2, -0.15) is 0 Å². The standard InChI is InChI=1S/C20H22FN3O/c21-17-8-6-16(7-9-17)20(25)24-19-11-10-18(14-23-19)22-13-12-15-4-2-1-3-5-15/h4,6-11,14,22H,1-3,5,12-13H2,(H,23,24,25). The molecule has 0 atom stereocenters. The van der Waals surface area contributed by atoms with Crippen LogP contribution < -0.4 is 10.6 Å². The third-order valence-electron chi connectivity index (χ3n) is 4.27. The molecular weight excluding hydrogens is 317 g/mol. The highest BCUT2D eigenvalue weighted by molar-refractivity contribution is 6.03. The van der Waals surface area contributed by atoms with Crippen LogP contribution in [0.4, 0.5) is 15.9 Å². The lowest BCUT2D eigenvalue weighted by atomic mass is 9.97. The van der Waals surface area contributed by atoms with E-state index in [1.54, 1.807) is 12.3 Å². The van der Waals surface area contributed by atoms with Gasteiger partial charge in [0.2, 0.25) is 0 Å². The Morgan fingerprint density at radius 3 is 2.64 bits per heavy atom. The highest BCUT2D eigenvalue weighted by atomic mass is 19.1. The van der Waals surface area contributed by atoms with Crippen LogP contribution >= 0.6 is 0 Å². The molecule has 1 aromatic carbocycles. The first kappa shape index (κ1) is 17.1. The summed E-state index contributed by atoms with van der Waals surface area (Å²) in [7, 11) is 0. The Kier molecular flexibility index (Phi) is 5.77. The number of halogens is 1. The van der Waals surface area contributed by atoms with E-state index < -0.39 is 0 Å². The predicted octanol–water partition coefficient (Wildman–Crippen LogP) is 4.78. The highest BCUT2D eigenvalue weighted by Gasteiger charge is 2.07. The van der Waals surface area contributed by atoms with Gasteiger partial charge in [0, 0.05) is 12.1 Å². The van der Waals surface area contributed by atoms with Crippen molar-refractivity contribution in [3.05, 3.63) is 65.6 Å². The summed E-state index contributed by atoms with van der Waals surface area (Å²) >= 11 is 0. The number of amides is 1. The van der Waals surface area contributed by atoms with Crippen molar-refractivity contribution >= 4 is 17.4 Å². The van der Waals surface area contributed by atoms with Crippen LogP contribution in [0.25, 0.3) is 0 Å². The lowest BCUT2D eigenvalue weighted by Crippen LogP contribution is -2.13. The van der Waals surface area contributed by atoms with Crippen molar-refractivity contribution in [2.45, 2.75) is 32.1 Å². The molecule has 1 amide bonds. The minimum absolute atomic E-state index is 0.308. The van der Waals surface area contributed by atoms with E-state index in [9.17, 15) is 9.18 Å². The number of aromatic nitrogens is 1. The van der Waals surface area contributed by atoms with Gasteiger partial charge in [-0.15, -0.1) is 0 Å². The quantitative estimate of drug-likeness (QED) is 0.745. The fraction of sp³-hybridized carbons (Fsp3) is 0.300. The molecule has 2 aromatic rings. The van der Waals surface area contributed by atoms with Gasteiger partial charge in [0.15, 0.2) is 0 Å². The number of hydrogen-bond acceptors (Lipinski definition) is 3. The number of carbonyl (C=O) groups excluding carboxylic acids is 1. The molecule has 2 N–H and O–H groups in total. The summed E-state index contributed by atoms with van der Waals surface area (Å²) in [5.74, 6) is -0.207. The number of allylic oxidation sites excluding steroid dienone is 1. The Morgan fingerprint density at radius 1 is 1.12 bits per heavy atom. The summed E-state index contributed by atoms with van der Waals surface area (Å²) in [5, 5.41) is 6.06. The average molecular weight is 339 g/mol. The maximum atomic E-state index is 12.9. The Morgan fingerprint density at radius 2 is 1.96 bits per heavy atom. The van der Waals surface area contributed by atoms with Gasteiger partial charge in [-0.05, 0) is 68.5 Å². The first-order valence-electron chi connectivity index (χ1n) is 8.65. The molecule has 0 bridgehead atoms. The summed E-state index contributed by atoms with van der Waals surface area (Å²) in [6.07, 6.45) is 10.2. The second-order valence-electron chi connectivity index (χ2n) is 6.18. The maximum absolute atomic E-state index is 12.9. The minimum Gasteiger partial charge on any atom is -0.383 e. The SMILES string of the molecule is O=C(Nc1ccc(NCCC2=CCCCC2)cn1)c1ccc(F)cc1. The average Bonchev–Trinajstić information content (AvgIpc) is 2.64. The van der Waals surface area contributed by atoms with E-state index in [0.717, 1.165) is 18.7 Å². The van der Waals surface area contributed by atoms with E-state index in [0.29, 0.717) is 11.4 Å². The van der Waals surface area contributed by atoms with Gasteiger partial charge in [-0.1, -0.05) is 11.6 Å². The smallest absolute Gasteiger partial charge is 0.256 e. The number of rotatable bonds is 6. The molecule has 1 heterocycles. The number of nitrogens with zero attached hydrogens (tertiary/aromatic N) is 1. The Labute approximate surface area is 147 Å². The van der Waals surface area contributed by atoms with Crippen molar-refractivity contribution in [3.63, 3.8) is 0 Å². The third kappa shape index (κ3) is 5.14. The Balaban J connectivity index is 1.49. The number of nitrogens with one attached hydrogen (secondary N) is 2. The normalized spacial score (nSPS) is 13.9. The summed E-state index contributed by atoms with van der Waals surface area (Å²) in [4.78, 5) is 16.3. The molecule has 0 unspecified atom stereocenters. The number of pyridine rings is 1. The van der Waals surface area contributed by atoms with Gasteiger partial charge >= 0.3 is 0 Å². The van der Waals surface area contributed by atoms with Gasteiger partial charge in [0.1, 0.15) is 11.6 Å².